The van der Waals surface area contributed by atoms with E-state index in [0.29, 0.717) is 10.6 Å². The molecule has 0 atom stereocenters. The number of hydrogen-bond donors (Lipinski definition) is 1. The second-order valence-corrected chi connectivity index (χ2v) is 9.00. The number of fused-ring (bicyclic) bond motifs is 1. The second-order valence-electron chi connectivity index (χ2n) is 7.89. The van der Waals surface area contributed by atoms with Crippen molar-refractivity contribution >= 4 is 34.0 Å². The van der Waals surface area contributed by atoms with Gasteiger partial charge >= 0.3 is 0 Å². The molecular weight excluding hydrogens is 392 g/mol. The molecular formula is C24H24N4OS. The molecule has 1 N–H and O–H groups in total. The Morgan fingerprint density at radius 3 is 2.63 bits per heavy atom. The molecule has 0 radical (unpaired) electrons. The molecule has 0 unspecified atom stereocenters. The van der Waals surface area contributed by atoms with Crippen molar-refractivity contribution in [2.75, 3.05) is 23.3 Å². The van der Waals surface area contributed by atoms with Gasteiger partial charge in [0.1, 0.15) is 22.7 Å². The maximum absolute atomic E-state index is 12.8. The van der Waals surface area contributed by atoms with Crippen LogP contribution in [0.25, 0.3) is 6.08 Å². The number of carbonyl (C=O) groups is 1. The molecule has 6 heteroatoms. The van der Waals surface area contributed by atoms with Crippen LogP contribution in [0.1, 0.15) is 52.8 Å². The third-order valence-corrected chi connectivity index (χ3v) is 7.06. The van der Waals surface area contributed by atoms with E-state index in [0.717, 1.165) is 55.5 Å². The fourth-order valence-corrected chi connectivity index (χ4v) is 5.57. The van der Waals surface area contributed by atoms with Crippen molar-refractivity contribution in [1.82, 2.24) is 0 Å². The average Bonchev–Trinajstić information content (AvgIpc) is 3.39. The molecule has 2 aromatic rings. The van der Waals surface area contributed by atoms with Crippen molar-refractivity contribution in [3.05, 3.63) is 50.9 Å². The minimum Gasteiger partial charge on any atom is -0.371 e. The molecule has 152 valence electrons. The minimum atomic E-state index is -0.464. The topological polar surface area (TPSA) is 79.9 Å². The molecule has 2 heterocycles. The quantitative estimate of drug-likeness (QED) is 0.565. The van der Waals surface area contributed by atoms with E-state index < -0.39 is 5.91 Å². The normalized spacial score (nSPS) is 16.0. The van der Waals surface area contributed by atoms with Crippen molar-refractivity contribution in [2.45, 2.75) is 45.4 Å². The third kappa shape index (κ3) is 3.97. The molecule has 1 aliphatic carbocycles. The van der Waals surface area contributed by atoms with E-state index in [9.17, 15) is 15.3 Å². The summed E-state index contributed by atoms with van der Waals surface area (Å²) in [6, 6.07) is 10.3. The van der Waals surface area contributed by atoms with Gasteiger partial charge < -0.3 is 10.2 Å². The summed E-state index contributed by atoms with van der Waals surface area (Å²) < 4.78 is 0. The summed E-state index contributed by atoms with van der Waals surface area (Å²) in [5, 5.41) is 22.5. The number of amides is 1. The predicted octanol–water partition coefficient (Wildman–Crippen LogP) is 4.95. The molecule has 1 amide bonds. The lowest BCUT2D eigenvalue weighted by molar-refractivity contribution is -0.112. The molecule has 2 aliphatic rings. The molecule has 1 fully saturated rings. The predicted molar refractivity (Wildman–Crippen MR) is 121 cm³/mol. The highest BCUT2D eigenvalue weighted by molar-refractivity contribution is 7.16. The first-order valence-corrected chi connectivity index (χ1v) is 11.3. The lowest BCUT2D eigenvalue weighted by Crippen LogP contribution is -2.18. The van der Waals surface area contributed by atoms with Crippen molar-refractivity contribution in [3.63, 3.8) is 0 Å². The summed E-state index contributed by atoms with van der Waals surface area (Å²) in [5.74, 6) is -0.464. The Balaban J connectivity index is 1.56. The van der Waals surface area contributed by atoms with Crippen LogP contribution < -0.4 is 10.2 Å². The van der Waals surface area contributed by atoms with Crippen LogP contribution in [0.15, 0.2) is 23.8 Å². The summed E-state index contributed by atoms with van der Waals surface area (Å²) in [5.41, 5.74) is 4.86. The summed E-state index contributed by atoms with van der Waals surface area (Å²) in [6.45, 7) is 4.22. The van der Waals surface area contributed by atoms with Crippen LogP contribution >= 0.6 is 11.3 Å². The van der Waals surface area contributed by atoms with Crippen molar-refractivity contribution in [1.29, 1.82) is 10.5 Å². The highest BCUT2D eigenvalue weighted by Crippen LogP contribution is 2.37. The lowest BCUT2D eigenvalue weighted by atomic mass is 9.96. The molecule has 5 nitrogen and oxygen atoms in total. The highest BCUT2D eigenvalue weighted by atomic mass is 32.1. The zero-order valence-electron chi connectivity index (χ0n) is 17.1. The van der Waals surface area contributed by atoms with Gasteiger partial charge in [0, 0.05) is 23.7 Å². The molecule has 0 spiro atoms. The number of nitriles is 2. The van der Waals surface area contributed by atoms with E-state index in [4.69, 9.17) is 0 Å². The number of aryl methyl sites for hydroxylation is 2. The zero-order valence-corrected chi connectivity index (χ0v) is 17.9. The van der Waals surface area contributed by atoms with E-state index in [1.807, 2.05) is 18.2 Å². The van der Waals surface area contributed by atoms with Crippen LogP contribution in [0.2, 0.25) is 0 Å². The Morgan fingerprint density at radius 1 is 1.17 bits per heavy atom. The van der Waals surface area contributed by atoms with Crippen LogP contribution in [0.5, 0.6) is 0 Å². The maximum atomic E-state index is 12.8. The third-order valence-electron chi connectivity index (χ3n) is 5.85. The smallest absolute Gasteiger partial charge is 0.266 e. The van der Waals surface area contributed by atoms with Gasteiger partial charge in [-0.3, -0.25) is 4.79 Å². The summed E-state index contributed by atoms with van der Waals surface area (Å²) in [7, 11) is 0. The number of benzene rings is 1. The first-order chi connectivity index (χ1) is 14.6. The van der Waals surface area contributed by atoms with Gasteiger partial charge in [0.25, 0.3) is 5.91 Å². The molecule has 30 heavy (non-hydrogen) atoms. The van der Waals surface area contributed by atoms with Crippen molar-refractivity contribution in [2.24, 2.45) is 0 Å². The first kappa shape index (κ1) is 20.2. The number of nitrogens with one attached hydrogen (secondary N) is 1. The van der Waals surface area contributed by atoms with E-state index in [-0.39, 0.29) is 5.57 Å². The molecule has 1 aromatic carbocycles. The second kappa shape index (κ2) is 8.73. The van der Waals surface area contributed by atoms with Crippen LogP contribution in [0.4, 0.5) is 10.7 Å². The average molecular weight is 417 g/mol. The van der Waals surface area contributed by atoms with Crippen molar-refractivity contribution < 1.29 is 4.79 Å². The Morgan fingerprint density at radius 2 is 1.93 bits per heavy atom. The standard InChI is InChI=1S/C24H24N4OS/c1-16-12-17(8-9-21(16)28-10-4-5-11-28)13-18(14-25)23(29)27-24-20(15-26)19-6-2-3-7-22(19)30-24/h8-9,12-13H,2-7,10-11H2,1H3,(H,27,29)/b18-13-. The molecule has 1 saturated heterocycles. The summed E-state index contributed by atoms with van der Waals surface area (Å²) >= 11 is 1.47. The Labute approximate surface area is 181 Å². The van der Waals surface area contributed by atoms with E-state index in [1.165, 1.54) is 34.7 Å². The SMILES string of the molecule is Cc1cc(/C=C(/C#N)C(=O)Nc2sc3c(c2C#N)CCCC3)ccc1N1CCCC1. The van der Waals surface area contributed by atoms with Crippen LogP contribution in [0, 0.1) is 29.6 Å². The van der Waals surface area contributed by atoms with Gasteiger partial charge in [-0.2, -0.15) is 10.5 Å². The maximum Gasteiger partial charge on any atom is 0.266 e. The van der Waals surface area contributed by atoms with Crippen LogP contribution in [-0.4, -0.2) is 19.0 Å². The number of nitrogens with zero attached hydrogens (tertiary/aromatic N) is 3. The van der Waals surface area contributed by atoms with E-state index >= 15 is 0 Å². The number of rotatable bonds is 4. The highest BCUT2D eigenvalue weighted by Gasteiger charge is 2.23. The van der Waals surface area contributed by atoms with E-state index in [1.54, 1.807) is 6.08 Å². The van der Waals surface area contributed by atoms with Crippen molar-refractivity contribution in [3.8, 4) is 12.1 Å². The zero-order chi connectivity index (χ0) is 21.1. The first-order valence-electron chi connectivity index (χ1n) is 10.4. The van der Waals surface area contributed by atoms with Gasteiger partial charge in [0.2, 0.25) is 0 Å². The van der Waals surface area contributed by atoms with Gasteiger partial charge in [-0.05, 0) is 80.3 Å². The van der Waals surface area contributed by atoms with Gasteiger partial charge in [0.15, 0.2) is 0 Å². The number of carbonyl (C=O) groups excluding carboxylic acids is 1. The van der Waals surface area contributed by atoms with E-state index in [2.05, 4.69) is 29.3 Å². The number of anilines is 2. The van der Waals surface area contributed by atoms with Gasteiger partial charge in [0.05, 0.1) is 5.56 Å². The molecule has 1 aliphatic heterocycles. The van der Waals surface area contributed by atoms with Gasteiger partial charge in [-0.25, -0.2) is 0 Å². The summed E-state index contributed by atoms with van der Waals surface area (Å²) in [6.07, 6.45) is 8.08. The molecule has 4 rings (SSSR count). The monoisotopic (exact) mass is 416 g/mol. The van der Waals surface area contributed by atoms with Gasteiger partial charge in [-0.1, -0.05) is 6.07 Å². The number of thiophene rings is 1. The fraction of sp³-hybridized carbons (Fsp3) is 0.375. The van der Waals surface area contributed by atoms with Crippen LogP contribution in [-0.2, 0) is 17.6 Å². The number of hydrogen-bond acceptors (Lipinski definition) is 5. The molecule has 0 bridgehead atoms. The minimum absolute atomic E-state index is 0.0404. The van der Waals surface area contributed by atoms with Gasteiger partial charge in [-0.15, -0.1) is 11.3 Å². The molecule has 0 saturated carbocycles. The largest absolute Gasteiger partial charge is 0.371 e. The molecule has 1 aromatic heterocycles. The lowest BCUT2D eigenvalue weighted by Gasteiger charge is -2.20. The fourth-order valence-electron chi connectivity index (χ4n) is 4.34. The summed E-state index contributed by atoms with van der Waals surface area (Å²) in [4.78, 5) is 16.3. The Bertz CT molecular complexity index is 1090. The van der Waals surface area contributed by atoms with Crippen LogP contribution in [0.3, 0.4) is 0 Å². The Kier molecular flexibility index (Phi) is 5.88. The Hall–Kier alpha value is -3.09.